The molecule has 0 bridgehead atoms. The number of carbonyl (C=O) groups is 1. The van der Waals surface area contributed by atoms with E-state index in [2.05, 4.69) is 5.10 Å². The molecule has 1 atom stereocenters. The molecule has 2 aromatic heterocycles. The topological polar surface area (TPSA) is 51.3 Å². The standard InChI is InChI=1S/C14H14F3N3O2/c1-19-8-9(7-18-19)10-4-5-11(22-10)13(21)20-6-2-3-12(20)14(15,16)17/h4-5,7-8,12H,2-3,6H2,1H3/t12-/m0/s1. The Hall–Kier alpha value is -2.25. The zero-order valence-corrected chi connectivity index (χ0v) is 11.8. The van der Waals surface area contributed by atoms with E-state index in [9.17, 15) is 18.0 Å². The van der Waals surface area contributed by atoms with E-state index in [0.29, 0.717) is 17.7 Å². The quantitative estimate of drug-likeness (QED) is 0.856. The molecule has 118 valence electrons. The van der Waals surface area contributed by atoms with E-state index < -0.39 is 18.1 Å². The molecule has 0 spiro atoms. The lowest BCUT2D eigenvalue weighted by Crippen LogP contribution is -2.44. The molecule has 0 aromatic carbocycles. The van der Waals surface area contributed by atoms with Crippen LogP contribution in [0.1, 0.15) is 23.4 Å². The first-order valence-electron chi connectivity index (χ1n) is 6.83. The Bertz CT molecular complexity index is 690. The molecule has 1 aliphatic rings. The first-order chi connectivity index (χ1) is 10.4. The van der Waals surface area contributed by atoms with Crippen LogP contribution in [0.3, 0.4) is 0 Å². The number of amides is 1. The molecular weight excluding hydrogens is 299 g/mol. The summed E-state index contributed by atoms with van der Waals surface area (Å²) in [6.07, 6.45) is -0.884. The molecule has 8 heteroatoms. The van der Waals surface area contributed by atoms with Crippen molar-refractivity contribution < 1.29 is 22.4 Å². The smallest absolute Gasteiger partial charge is 0.408 e. The summed E-state index contributed by atoms with van der Waals surface area (Å²) in [4.78, 5) is 13.1. The average Bonchev–Trinajstić information content (AvgIpc) is 3.16. The van der Waals surface area contributed by atoms with Gasteiger partial charge in [0.2, 0.25) is 0 Å². The van der Waals surface area contributed by atoms with Gasteiger partial charge in [0, 0.05) is 19.8 Å². The lowest BCUT2D eigenvalue weighted by Gasteiger charge is -2.25. The maximum Gasteiger partial charge on any atom is 0.408 e. The van der Waals surface area contributed by atoms with Crippen LogP contribution in [0.2, 0.25) is 0 Å². The first-order valence-corrected chi connectivity index (χ1v) is 6.83. The van der Waals surface area contributed by atoms with E-state index in [4.69, 9.17) is 4.42 Å². The highest BCUT2D eigenvalue weighted by molar-refractivity contribution is 5.92. The van der Waals surface area contributed by atoms with Crippen molar-refractivity contribution in [2.75, 3.05) is 6.54 Å². The molecule has 3 rings (SSSR count). The van der Waals surface area contributed by atoms with E-state index in [1.54, 1.807) is 30.2 Å². The number of halogens is 3. The molecule has 1 aliphatic heterocycles. The van der Waals surface area contributed by atoms with Gasteiger partial charge in [0.25, 0.3) is 5.91 Å². The third-order valence-corrected chi connectivity index (χ3v) is 3.70. The Morgan fingerprint density at radius 1 is 1.41 bits per heavy atom. The van der Waals surface area contributed by atoms with Gasteiger partial charge in [-0.15, -0.1) is 0 Å². The van der Waals surface area contributed by atoms with Crippen LogP contribution in [-0.2, 0) is 7.05 Å². The number of aryl methyl sites for hydroxylation is 1. The number of carbonyl (C=O) groups excluding carboxylic acids is 1. The lowest BCUT2D eigenvalue weighted by atomic mass is 10.2. The molecule has 3 heterocycles. The number of likely N-dealkylation sites (tertiary alicyclic amines) is 1. The van der Waals surface area contributed by atoms with Gasteiger partial charge in [-0.1, -0.05) is 0 Å². The minimum absolute atomic E-state index is 0.0641. The maximum atomic E-state index is 12.9. The molecule has 2 aromatic rings. The van der Waals surface area contributed by atoms with Crippen molar-refractivity contribution in [2.24, 2.45) is 7.05 Å². The van der Waals surface area contributed by atoms with E-state index in [0.717, 1.165) is 4.90 Å². The number of hydrogen-bond acceptors (Lipinski definition) is 3. The van der Waals surface area contributed by atoms with E-state index >= 15 is 0 Å². The molecule has 1 saturated heterocycles. The van der Waals surface area contributed by atoms with E-state index in [1.807, 2.05) is 0 Å². The van der Waals surface area contributed by atoms with Crippen molar-refractivity contribution in [3.05, 3.63) is 30.3 Å². The van der Waals surface area contributed by atoms with Crippen LogP contribution in [-0.4, -0.2) is 39.4 Å². The molecule has 0 unspecified atom stereocenters. The lowest BCUT2D eigenvalue weighted by molar-refractivity contribution is -0.169. The fraction of sp³-hybridized carbons (Fsp3) is 0.429. The van der Waals surface area contributed by atoms with Gasteiger partial charge >= 0.3 is 6.18 Å². The number of hydrogen-bond donors (Lipinski definition) is 0. The van der Waals surface area contributed by atoms with Gasteiger partial charge in [-0.3, -0.25) is 9.48 Å². The summed E-state index contributed by atoms with van der Waals surface area (Å²) in [5.74, 6) is -0.413. The monoisotopic (exact) mass is 313 g/mol. The summed E-state index contributed by atoms with van der Waals surface area (Å²) in [6.45, 7) is 0.0892. The van der Waals surface area contributed by atoms with Crippen molar-refractivity contribution in [1.29, 1.82) is 0 Å². The highest BCUT2D eigenvalue weighted by Crippen LogP contribution is 2.34. The second-order valence-electron chi connectivity index (χ2n) is 5.26. The number of aromatic nitrogens is 2. The second-order valence-corrected chi connectivity index (χ2v) is 5.26. The van der Waals surface area contributed by atoms with Crippen molar-refractivity contribution in [3.63, 3.8) is 0 Å². The van der Waals surface area contributed by atoms with Gasteiger partial charge in [0.15, 0.2) is 5.76 Å². The first kappa shape index (κ1) is 14.7. The summed E-state index contributed by atoms with van der Waals surface area (Å²) < 4.78 is 45.7. The van der Waals surface area contributed by atoms with Crippen molar-refractivity contribution in [2.45, 2.75) is 25.1 Å². The van der Waals surface area contributed by atoms with Crippen LogP contribution < -0.4 is 0 Å². The van der Waals surface area contributed by atoms with Gasteiger partial charge in [-0.2, -0.15) is 18.3 Å². The van der Waals surface area contributed by atoms with Crippen LogP contribution >= 0.6 is 0 Å². The highest BCUT2D eigenvalue weighted by atomic mass is 19.4. The molecule has 5 nitrogen and oxygen atoms in total. The molecule has 1 amide bonds. The normalized spacial score (nSPS) is 18.9. The molecule has 0 aliphatic carbocycles. The molecule has 1 fully saturated rings. The fourth-order valence-corrected chi connectivity index (χ4v) is 2.65. The van der Waals surface area contributed by atoms with Crippen LogP contribution in [0.15, 0.2) is 28.9 Å². The van der Waals surface area contributed by atoms with Crippen molar-refractivity contribution in [3.8, 4) is 11.3 Å². The van der Waals surface area contributed by atoms with Gasteiger partial charge in [0.1, 0.15) is 11.8 Å². The highest BCUT2D eigenvalue weighted by Gasteiger charge is 2.48. The Kier molecular flexibility index (Phi) is 3.46. The fourth-order valence-electron chi connectivity index (χ4n) is 2.65. The Morgan fingerprint density at radius 3 is 2.82 bits per heavy atom. The molecule has 0 saturated carbocycles. The van der Waals surface area contributed by atoms with Crippen molar-refractivity contribution in [1.82, 2.24) is 14.7 Å². The van der Waals surface area contributed by atoms with Crippen LogP contribution in [0.25, 0.3) is 11.3 Å². The van der Waals surface area contributed by atoms with Crippen molar-refractivity contribution >= 4 is 5.91 Å². The number of furan rings is 1. The van der Waals surface area contributed by atoms with Crippen LogP contribution in [0.4, 0.5) is 13.2 Å². The largest absolute Gasteiger partial charge is 0.451 e. The second kappa shape index (κ2) is 5.19. The van der Waals surface area contributed by atoms with Gasteiger partial charge in [-0.05, 0) is 25.0 Å². The van der Waals surface area contributed by atoms with E-state index in [-0.39, 0.29) is 18.7 Å². The summed E-state index contributed by atoms with van der Waals surface area (Å²) in [5.41, 5.74) is 0.662. The Morgan fingerprint density at radius 2 is 2.18 bits per heavy atom. The third-order valence-electron chi connectivity index (χ3n) is 3.70. The summed E-state index contributed by atoms with van der Waals surface area (Å²) in [6, 6.07) is 1.23. The minimum Gasteiger partial charge on any atom is -0.451 e. The van der Waals surface area contributed by atoms with E-state index in [1.165, 1.54) is 6.07 Å². The predicted octanol–water partition coefficient (Wildman–Crippen LogP) is 2.85. The zero-order valence-electron chi connectivity index (χ0n) is 11.8. The average molecular weight is 313 g/mol. The van der Waals surface area contributed by atoms with Gasteiger partial charge in [0.05, 0.1) is 11.8 Å². The number of rotatable bonds is 2. The summed E-state index contributed by atoms with van der Waals surface area (Å²) in [7, 11) is 1.73. The zero-order chi connectivity index (χ0) is 15.9. The SMILES string of the molecule is Cn1cc(-c2ccc(C(=O)N3CCC[C@H]3C(F)(F)F)o2)cn1. The van der Waals surface area contributed by atoms with Crippen LogP contribution in [0.5, 0.6) is 0 Å². The Balaban J connectivity index is 1.82. The van der Waals surface area contributed by atoms with Gasteiger partial charge in [-0.25, -0.2) is 0 Å². The summed E-state index contributed by atoms with van der Waals surface area (Å²) in [5, 5.41) is 3.98. The number of alkyl halides is 3. The maximum absolute atomic E-state index is 12.9. The summed E-state index contributed by atoms with van der Waals surface area (Å²) >= 11 is 0. The molecular formula is C14H14F3N3O2. The minimum atomic E-state index is -4.41. The molecule has 0 N–H and O–H groups in total. The Labute approximate surface area is 124 Å². The number of nitrogens with zero attached hydrogens (tertiary/aromatic N) is 3. The van der Waals surface area contributed by atoms with Gasteiger partial charge < -0.3 is 9.32 Å². The molecule has 0 radical (unpaired) electrons. The molecule has 22 heavy (non-hydrogen) atoms. The van der Waals surface area contributed by atoms with Crippen LogP contribution in [0, 0.1) is 0 Å². The third kappa shape index (κ3) is 2.60. The predicted molar refractivity (Wildman–Crippen MR) is 71.0 cm³/mol.